The van der Waals surface area contributed by atoms with Gasteiger partial charge in [-0.1, -0.05) is 0 Å². The van der Waals surface area contributed by atoms with E-state index in [9.17, 15) is 14.4 Å². The molecule has 4 N–H and O–H groups in total. The average molecular weight is 230 g/mol. The Bertz CT molecular complexity index is 304. The van der Waals surface area contributed by atoms with Crippen molar-refractivity contribution in [2.45, 2.75) is 18.9 Å². The van der Waals surface area contributed by atoms with Crippen molar-refractivity contribution < 1.29 is 24.2 Å². The minimum absolute atomic E-state index is 0.0637. The molecule has 16 heavy (non-hydrogen) atoms. The SMILES string of the molecule is NC(=O)OC(CC1CCNC1=O)C(=O)CO. The number of nitrogens with two attached hydrogens (primary N) is 1. The zero-order chi connectivity index (χ0) is 12.1. The van der Waals surface area contributed by atoms with Gasteiger partial charge in [-0.3, -0.25) is 9.59 Å². The summed E-state index contributed by atoms with van der Waals surface area (Å²) >= 11 is 0. The maximum absolute atomic E-state index is 11.2. The molecule has 0 aromatic rings. The van der Waals surface area contributed by atoms with Crippen LogP contribution in [0.25, 0.3) is 0 Å². The molecule has 0 aromatic carbocycles. The summed E-state index contributed by atoms with van der Waals surface area (Å²) < 4.78 is 4.56. The number of aliphatic hydroxyl groups is 1. The predicted octanol–water partition coefficient (Wildman–Crippen LogP) is -1.46. The molecule has 0 aromatic heterocycles. The van der Waals surface area contributed by atoms with E-state index in [1.807, 2.05) is 0 Å². The van der Waals surface area contributed by atoms with E-state index in [1.54, 1.807) is 0 Å². The van der Waals surface area contributed by atoms with Gasteiger partial charge >= 0.3 is 6.09 Å². The van der Waals surface area contributed by atoms with Crippen molar-refractivity contribution in [1.82, 2.24) is 5.32 Å². The van der Waals surface area contributed by atoms with Crippen molar-refractivity contribution in [3.05, 3.63) is 0 Å². The topological polar surface area (TPSA) is 119 Å². The smallest absolute Gasteiger partial charge is 0.405 e. The zero-order valence-corrected chi connectivity index (χ0v) is 8.64. The Labute approximate surface area is 91.9 Å². The van der Waals surface area contributed by atoms with Crippen LogP contribution in [0.1, 0.15) is 12.8 Å². The van der Waals surface area contributed by atoms with Gasteiger partial charge in [0.2, 0.25) is 5.91 Å². The lowest BCUT2D eigenvalue weighted by atomic mass is 9.98. The van der Waals surface area contributed by atoms with Crippen molar-refractivity contribution in [2.24, 2.45) is 11.7 Å². The maximum Gasteiger partial charge on any atom is 0.405 e. The lowest BCUT2D eigenvalue weighted by molar-refractivity contribution is -0.132. The molecule has 90 valence electrons. The molecule has 2 atom stereocenters. The fourth-order valence-corrected chi connectivity index (χ4v) is 1.62. The maximum atomic E-state index is 11.2. The second-order valence-corrected chi connectivity index (χ2v) is 3.56. The highest BCUT2D eigenvalue weighted by Crippen LogP contribution is 2.18. The first kappa shape index (κ1) is 12.4. The first-order chi connectivity index (χ1) is 7.54. The second kappa shape index (κ2) is 5.45. The Morgan fingerprint density at radius 2 is 2.31 bits per heavy atom. The minimum atomic E-state index is -1.14. The Kier molecular flexibility index (Phi) is 4.24. The number of nitrogens with one attached hydrogen (secondary N) is 1. The van der Waals surface area contributed by atoms with Gasteiger partial charge in [-0.05, 0) is 6.42 Å². The number of ether oxygens (including phenoxy) is 1. The van der Waals surface area contributed by atoms with Gasteiger partial charge in [-0.25, -0.2) is 4.79 Å². The first-order valence-electron chi connectivity index (χ1n) is 4.92. The lowest BCUT2D eigenvalue weighted by Crippen LogP contribution is -2.35. The summed E-state index contributed by atoms with van der Waals surface area (Å²) in [6.07, 6.45) is -1.59. The molecular weight excluding hydrogens is 216 g/mol. The Morgan fingerprint density at radius 1 is 1.62 bits per heavy atom. The van der Waals surface area contributed by atoms with Gasteiger partial charge in [0.1, 0.15) is 6.61 Å². The molecule has 0 aliphatic carbocycles. The molecule has 1 fully saturated rings. The van der Waals surface area contributed by atoms with E-state index in [0.717, 1.165) is 0 Å². The lowest BCUT2D eigenvalue weighted by Gasteiger charge is -2.16. The number of hydrogen-bond donors (Lipinski definition) is 3. The Balaban J connectivity index is 2.58. The monoisotopic (exact) mass is 230 g/mol. The van der Waals surface area contributed by atoms with Gasteiger partial charge in [0.15, 0.2) is 11.9 Å². The molecule has 0 bridgehead atoms. The van der Waals surface area contributed by atoms with E-state index in [0.29, 0.717) is 13.0 Å². The van der Waals surface area contributed by atoms with Crippen molar-refractivity contribution in [2.75, 3.05) is 13.2 Å². The zero-order valence-electron chi connectivity index (χ0n) is 8.64. The number of carbonyl (C=O) groups is 3. The summed E-state index contributed by atoms with van der Waals surface area (Å²) in [4.78, 5) is 33.0. The van der Waals surface area contributed by atoms with Crippen LogP contribution in [-0.2, 0) is 14.3 Å². The van der Waals surface area contributed by atoms with E-state index in [1.165, 1.54) is 0 Å². The highest BCUT2D eigenvalue weighted by molar-refractivity contribution is 5.87. The van der Waals surface area contributed by atoms with Crippen LogP contribution in [0.15, 0.2) is 0 Å². The first-order valence-corrected chi connectivity index (χ1v) is 4.92. The van der Waals surface area contributed by atoms with Crippen molar-refractivity contribution in [3.8, 4) is 0 Å². The normalized spacial score (nSPS) is 21.3. The Morgan fingerprint density at radius 3 is 2.75 bits per heavy atom. The summed E-state index contributed by atoms with van der Waals surface area (Å²) in [5.41, 5.74) is 4.80. The van der Waals surface area contributed by atoms with E-state index in [2.05, 4.69) is 10.1 Å². The van der Waals surface area contributed by atoms with Crippen LogP contribution >= 0.6 is 0 Å². The van der Waals surface area contributed by atoms with Crippen LogP contribution in [-0.4, -0.2) is 42.1 Å². The quantitative estimate of drug-likeness (QED) is 0.533. The van der Waals surface area contributed by atoms with Crippen LogP contribution in [0.2, 0.25) is 0 Å². The molecule has 1 saturated heterocycles. The van der Waals surface area contributed by atoms with Gasteiger partial charge in [-0.2, -0.15) is 0 Å². The highest BCUT2D eigenvalue weighted by atomic mass is 16.6. The van der Waals surface area contributed by atoms with E-state index in [4.69, 9.17) is 10.8 Å². The van der Waals surface area contributed by atoms with Gasteiger partial charge in [0.25, 0.3) is 0 Å². The number of ketones is 1. The molecule has 2 amide bonds. The van der Waals surface area contributed by atoms with Crippen molar-refractivity contribution >= 4 is 17.8 Å². The van der Waals surface area contributed by atoms with Crippen molar-refractivity contribution in [1.29, 1.82) is 0 Å². The third-order valence-electron chi connectivity index (χ3n) is 2.43. The number of Topliss-reactive ketones (excluding diaryl/α,β-unsaturated/α-hetero) is 1. The van der Waals surface area contributed by atoms with Gasteiger partial charge in [0.05, 0.1) is 0 Å². The summed E-state index contributed by atoms with van der Waals surface area (Å²) in [6, 6.07) is 0. The number of hydrogen-bond acceptors (Lipinski definition) is 5. The minimum Gasteiger partial charge on any atom is -0.438 e. The number of amides is 2. The molecule has 1 aliphatic heterocycles. The van der Waals surface area contributed by atoms with E-state index in [-0.39, 0.29) is 18.2 Å². The molecular formula is C9H14N2O5. The van der Waals surface area contributed by atoms with Crippen LogP contribution in [0.3, 0.4) is 0 Å². The number of primary amides is 1. The Hall–Kier alpha value is -1.63. The summed E-state index contributed by atoms with van der Waals surface area (Å²) in [7, 11) is 0. The van der Waals surface area contributed by atoms with Gasteiger partial charge in [0, 0.05) is 18.9 Å². The number of carbonyl (C=O) groups excluding carboxylic acids is 3. The highest BCUT2D eigenvalue weighted by Gasteiger charge is 2.31. The van der Waals surface area contributed by atoms with E-state index >= 15 is 0 Å². The van der Waals surface area contributed by atoms with Crippen LogP contribution in [0.5, 0.6) is 0 Å². The fourth-order valence-electron chi connectivity index (χ4n) is 1.62. The third kappa shape index (κ3) is 3.20. The van der Waals surface area contributed by atoms with Gasteiger partial charge < -0.3 is 20.9 Å². The molecule has 1 aliphatic rings. The molecule has 7 nitrogen and oxygen atoms in total. The van der Waals surface area contributed by atoms with Crippen LogP contribution < -0.4 is 11.1 Å². The number of rotatable bonds is 5. The van der Waals surface area contributed by atoms with E-state index < -0.39 is 24.6 Å². The molecule has 2 unspecified atom stereocenters. The second-order valence-electron chi connectivity index (χ2n) is 3.56. The molecule has 0 radical (unpaired) electrons. The number of aliphatic hydroxyl groups excluding tert-OH is 1. The fraction of sp³-hybridized carbons (Fsp3) is 0.667. The van der Waals surface area contributed by atoms with Crippen molar-refractivity contribution in [3.63, 3.8) is 0 Å². The third-order valence-corrected chi connectivity index (χ3v) is 2.43. The largest absolute Gasteiger partial charge is 0.438 e. The standard InChI is InChI=1S/C9H14N2O5/c10-9(15)16-7(6(13)4-12)3-5-1-2-11-8(5)14/h5,7,12H,1-4H2,(H2,10,15)(H,11,14). The van der Waals surface area contributed by atoms with Gasteiger partial charge in [-0.15, -0.1) is 0 Å². The average Bonchev–Trinajstić information content (AvgIpc) is 2.61. The molecule has 1 rings (SSSR count). The molecule has 7 heteroatoms. The van der Waals surface area contributed by atoms with Crippen LogP contribution in [0, 0.1) is 5.92 Å². The molecule has 0 saturated carbocycles. The predicted molar refractivity (Wildman–Crippen MR) is 52.3 cm³/mol. The molecule has 0 spiro atoms. The molecule has 1 heterocycles. The summed E-state index contributed by atoms with van der Waals surface area (Å²) in [6.45, 7) is -0.202. The summed E-state index contributed by atoms with van der Waals surface area (Å²) in [5, 5.41) is 11.3. The summed E-state index contributed by atoms with van der Waals surface area (Å²) in [5.74, 6) is -1.21. The van der Waals surface area contributed by atoms with Crippen LogP contribution in [0.4, 0.5) is 4.79 Å².